The van der Waals surface area contributed by atoms with Crippen LogP contribution in [-0.2, 0) is 16.1 Å². The molecule has 1 unspecified atom stereocenters. The second-order valence-corrected chi connectivity index (χ2v) is 4.34. The summed E-state index contributed by atoms with van der Waals surface area (Å²) in [7, 11) is 0. The van der Waals surface area contributed by atoms with Crippen molar-refractivity contribution in [2.24, 2.45) is 5.92 Å². The summed E-state index contributed by atoms with van der Waals surface area (Å²) in [5, 5.41) is 0. The lowest BCUT2D eigenvalue weighted by Crippen LogP contribution is -2.17. The zero-order chi connectivity index (χ0) is 12.5. The van der Waals surface area contributed by atoms with Crippen molar-refractivity contribution >= 4 is 5.97 Å². The maximum Gasteiger partial charge on any atom is 0.309 e. The Morgan fingerprint density at radius 2 is 1.94 bits per heavy atom. The van der Waals surface area contributed by atoms with E-state index in [9.17, 15) is 4.79 Å². The molecule has 0 bridgehead atoms. The molecule has 1 aromatic carbocycles. The molecular formula is C15H22O2. The van der Waals surface area contributed by atoms with Crippen molar-refractivity contribution in [3.63, 3.8) is 0 Å². The molecule has 94 valence electrons. The number of carbonyl (C=O) groups excluding carboxylic acids is 1. The lowest BCUT2D eigenvalue weighted by atomic mass is 10.00. The van der Waals surface area contributed by atoms with Crippen LogP contribution in [0.15, 0.2) is 30.3 Å². The minimum absolute atomic E-state index is 0.0511. The summed E-state index contributed by atoms with van der Waals surface area (Å²) in [5.74, 6) is 0.0171. The Morgan fingerprint density at radius 1 is 1.24 bits per heavy atom. The van der Waals surface area contributed by atoms with Crippen LogP contribution in [0.3, 0.4) is 0 Å². The average Bonchev–Trinajstić information content (AvgIpc) is 2.38. The SMILES string of the molecule is CCCCC(CC)C(=O)OCc1ccccc1. The van der Waals surface area contributed by atoms with E-state index in [-0.39, 0.29) is 11.9 Å². The molecule has 0 aliphatic rings. The maximum absolute atomic E-state index is 11.8. The van der Waals surface area contributed by atoms with E-state index in [1.165, 1.54) is 0 Å². The summed E-state index contributed by atoms with van der Waals surface area (Å²) in [6.45, 7) is 4.58. The second-order valence-electron chi connectivity index (χ2n) is 4.34. The molecule has 0 saturated carbocycles. The molecule has 0 fully saturated rings. The predicted octanol–water partition coefficient (Wildman–Crippen LogP) is 3.95. The quantitative estimate of drug-likeness (QED) is 0.668. The van der Waals surface area contributed by atoms with Crippen molar-refractivity contribution in [3.8, 4) is 0 Å². The van der Waals surface area contributed by atoms with Crippen LogP contribution in [0.5, 0.6) is 0 Å². The Hall–Kier alpha value is -1.31. The molecule has 0 heterocycles. The first-order chi connectivity index (χ1) is 8.27. The first kappa shape index (κ1) is 13.8. The van der Waals surface area contributed by atoms with Crippen molar-refractivity contribution in [2.45, 2.75) is 46.1 Å². The second kappa shape index (κ2) is 7.88. The van der Waals surface area contributed by atoms with Gasteiger partial charge >= 0.3 is 5.97 Å². The monoisotopic (exact) mass is 234 g/mol. The van der Waals surface area contributed by atoms with Gasteiger partial charge in [0.2, 0.25) is 0 Å². The van der Waals surface area contributed by atoms with Crippen LogP contribution in [0, 0.1) is 5.92 Å². The van der Waals surface area contributed by atoms with Gasteiger partial charge in [0.05, 0.1) is 5.92 Å². The maximum atomic E-state index is 11.8. The zero-order valence-electron chi connectivity index (χ0n) is 10.8. The van der Waals surface area contributed by atoms with Crippen molar-refractivity contribution < 1.29 is 9.53 Å². The van der Waals surface area contributed by atoms with Crippen LogP contribution in [-0.4, -0.2) is 5.97 Å². The Labute approximate surface area is 104 Å². The van der Waals surface area contributed by atoms with E-state index < -0.39 is 0 Å². The minimum atomic E-state index is -0.0511. The van der Waals surface area contributed by atoms with Crippen LogP contribution in [0.25, 0.3) is 0 Å². The van der Waals surface area contributed by atoms with Gasteiger partial charge in [-0.05, 0) is 18.4 Å². The number of hydrogen-bond acceptors (Lipinski definition) is 2. The van der Waals surface area contributed by atoms with Crippen LogP contribution in [0.4, 0.5) is 0 Å². The highest BCUT2D eigenvalue weighted by atomic mass is 16.5. The molecule has 17 heavy (non-hydrogen) atoms. The highest BCUT2D eigenvalue weighted by Gasteiger charge is 2.17. The predicted molar refractivity (Wildman–Crippen MR) is 69.5 cm³/mol. The molecule has 0 N–H and O–H groups in total. The highest BCUT2D eigenvalue weighted by molar-refractivity contribution is 5.72. The fourth-order valence-electron chi connectivity index (χ4n) is 1.79. The lowest BCUT2D eigenvalue weighted by molar-refractivity contribution is -0.150. The fourth-order valence-corrected chi connectivity index (χ4v) is 1.79. The van der Waals surface area contributed by atoms with E-state index in [2.05, 4.69) is 6.92 Å². The van der Waals surface area contributed by atoms with Crippen LogP contribution >= 0.6 is 0 Å². The summed E-state index contributed by atoms with van der Waals surface area (Å²) >= 11 is 0. The van der Waals surface area contributed by atoms with Crippen LogP contribution in [0.2, 0.25) is 0 Å². The molecule has 1 aromatic rings. The molecule has 1 atom stereocenters. The smallest absolute Gasteiger partial charge is 0.309 e. The first-order valence-electron chi connectivity index (χ1n) is 6.48. The molecule has 0 amide bonds. The van der Waals surface area contributed by atoms with E-state index in [0.717, 1.165) is 31.2 Å². The van der Waals surface area contributed by atoms with E-state index in [1.807, 2.05) is 37.3 Å². The van der Waals surface area contributed by atoms with E-state index in [4.69, 9.17) is 4.74 Å². The molecule has 2 nitrogen and oxygen atoms in total. The first-order valence-corrected chi connectivity index (χ1v) is 6.48. The summed E-state index contributed by atoms with van der Waals surface area (Å²) in [5.41, 5.74) is 1.05. The van der Waals surface area contributed by atoms with Crippen LogP contribution in [0.1, 0.15) is 45.1 Å². The third kappa shape index (κ3) is 5.03. The summed E-state index contributed by atoms with van der Waals surface area (Å²) in [4.78, 5) is 11.8. The van der Waals surface area contributed by atoms with E-state index in [1.54, 1.807) is 0 Å². The van der Waals surface area contributed by atoms with Gasteiger partial charge in [-0.1, -0.05) is 57.0 Å². The van der Waals surface area contributed by atoms with Gasteiger partial charge < -0.3 is 4.74 Å². The van der Waals surface area contributed by atoms with Crippen LogP contribution < -0.4 is 0 Å². The molecular weight excluding hydrogens is 212 g/mol. The minimum Gasteiger partial charge on any atom is -0.461 e. The number of hydrogen-bond donors (Lipinski definition) is 0. The summed E-state index contributed by atoms with van der Waals surface area (Å²) in [6.07, 6.45) is 4.04. The van der Waals surface area contributed by atoms with Crippen molar-refractivity contribution in [1.29, 1.82) is 0 Å². The Balaban J connectivity index is 2.37. The van der Waals surface area contributed by atoms with Gasteiger partial charge in [-0.15, -0.1) is 0 Å². The normalized spacial score (nSPS) is 12.1. The number of esters is 1. The molecule has 0 aliphatic heterocycles. The van der Waals surface area contributed by atoms with Gasteiger partial charge in [0.15, 0.2) is 0 Å². The van der Waals surface area contributed by atoms with E-state index >= 15 is 0 Å². The lowest BCUT2D eigenvalue weighted by Gasteiger charge is -2.13. The van der Waals surface area contributed by atoms with Crippen molar-refractivity contribution in [1.82, 2.24) is 0 Å². The highest BCUT2D eigenvalue weighted by Crippen LogP contribution is 2.15. The van der Waals surface area contributed by atoms with Gasteiger partial charge in [-0.2, -0.15) is 0 Å². The van der Waals surface area contributed by atoms with Gasteiger partial charge in [-0.25, -0.2) is 0 Å². The number of ether oxygens (including phenoxy) is 1. The Kier molecular flexibility index (Phi) is 6.38. The molecule has 0 radical (unpaired) electrons. The standard InChI is InChI=1S/C15H22O2/c1-3-5-11-14(4-2)15(16)17-12-13-9-7-6-8-10-13/h6-10,14H,3-5,11-12H2,1-2H3. The Bertz CT molecular complexity index is 319. The zero-order valence-corrected chi connectivity index (χ0v) is 10.8. The fraction of sp³-hybridized carbons (Fsp3) is 0.533. The number of rotatable bonds is 7. The molecule has 2 heteroatoms. The number of carbonyl (C=O) groups is 1. The van der Waals surface area contributed by atoms with E-state index in [0.29, 0.717) is 6.61 Å². The largest absolute Gasteiger partial charge is 0.461 e. The molecule has 0 aromatic heterocycles. The average molecular weight is 234 g/mol. The number of benzene rings is 1. The molecule has 0 spiro atoms. The molecule has 0 saturated heterocycles. The summed E-state index contributed by atoms with van der Waals surface area (Å²) < 4.78 is 5.34. The van der Waals surface area contributed by atoms with Crippen molar-refractivity contribution in [2.75, 3.05) is 0 Å². The van der Waals surface area contributed by atoms with Gasteiger partial charge in [0.1, 0.15) is 6.61 Å². The summed E-state index contributed by atoms with van der Waals surface area (Å²) in [6, 6.07) is 9.82. The third-order valence-electron chi connectivity index (χ3n) is 2.96. The van der Waals surface area contributed by atoms with Crippen molar-refractivity contribution in [3.05, 3.63) is 35.9 Å². The molecule has 0 aliphatic carbocycles. The third-order valence-corrected chi connectivity index (χ3v) is 2.96. The van der Waals surface area contributed by atoms with Gasteiger partial charge in [0, 0.05) is 0 Å². The van der Waals surface area contributed by atoms with Gasteiger partial charge in [0.25, 0.3) is 0 Å². The molecule has 1 rings (SSSR count). The topological polar surface area (TPSA) is 26.3 Å². The van der Waals surface area contributed by atoms with Gasteiger partial charge in [-0.3, -0.25) is 4.79 Å². The number of unbranched alkanes of at least 4 members (excludes halogenated alkanes) is 1. The Morgan fingerprint density at radius 3 is 2.53 bits per heavy atom.